The van der Waals surface area contributed by atoms with Crippen LogP contribution in [0.3, 0.4) is 0 Å². The molecule has 0 bridgehead atoms. The SMILES string of the molecule is Cc1ccc(NC(=S)N[C@@H](C)c2cc(C)ccc2C)cc1. The molecule has 0 saturated carbocycles. The lowest BCUT2D eigenvalue weighted by molar-refractivity contribution is 0.716. The van der Waals surface area contributed by atoms with Crippen molar-refractivity contribution in [2.24, 2.45) is 0 Å². The molecule has 0 saturated heterocycles. The van der Waals surface area contributed by atoms with Crippen LogP contribution in [-0.4, -0.2) is 5.11 Å². The molecule has 0 spiro atoms. The van der Waals surface area contributed by atoms with Crippen molar-refractivity contribution in [2.45, 2.75) is 33.7 Å². The molecule has 2 N–H and O–H groups in total. The van der Waals surface area contributed by atoms with Crippen LogP contribution < -0.4 is 10.6 Å². The molecule has 2 aromatic rings. The molecule has 2 rings (SSSR count). The van der Waals surface area contributed by atoms with E-state index in [0.717, 1.165) is 5.69 Å². The first kappa shape index (κ1) is 15.5. The lowest BCUT2D eigenvalue weighted by Crippen LogP contribution is -2.31. The molecule has 0 heterocycles. The number of rotatable bonds is 3. The molecule has 3 heteroatoms. The Labute approximate surface area is 132 Å². The number of benzene rings is 2. The molecule has 0 aliphatic carbocycles. The predicted molar refractivity (Wildman–Crippen MR) is 94.9 cm³/mol. The maximum atomic E-state index is 5.40. The van der Waals surface area contributed by atoms with Crippen molar-refractivity contribution in [3.05, 3.63) is 64.7 Å². The molecular weight excluding hydrogens is 276 g/mol. The second-order valence-corrected chi connectivity index (χ2v) is 5.95. The fourth-order valence-corrected chi connectivity index (χ4v) is 2.60. The van der Waals surface area contributed by atoms with Crippen LogP contribution in [0.2, 0.25) is 0 Å². The molecule has 0 fully saturated rings. The van der Waals surface area contributed by atoms with Crippen molar-refractivity contribution in [3.63, 3.8) is 0 Å². The van der Waals surface area contributed by atoms with Gasteiger partial charge < -0.3 is 10.6 Å². The Hall–Kier alpha value is -1.87. The van der Waals surface area contributed by atoms with E-state index in [1.54, 1.807) is 0 Å². The van der Waals surface area contributed by atoms with Gasteiger partial charge in [-0.25, -0.2) is 0 Å². The van der Waals surface area contributed by atoms with Gasteiger partial charge in [-0.15, -0.1) is 0 Å². The van der Waals surface area contributed by atoms with Crippen LogP contribution in [0, 0.1) is 20.8 Å². The summed E-state index contributed by atoms with van der Waals surface area (Å²) < 4.78 is 0. The van der Waals surface area contributed by atoms with Crippen LogP contribution in [-0.2, 0) is 0 Å². The average Bonchev–Trinajstić information content (AvgIpc) is 2.44. The molecule has 0 aliphatic rings. The van der Waals surface area contributed by atoms with Gasteiger partial charge in [0.15, 0.2) is 5.11 Å². The highest BCUT2D eigenvalue weighted by atomic mass is 32.1. The number of aryl methyl sites for hydroxylation is 3. The van der Waals surface area contributed by atoms with Gasteiger partial charge in [0.1, 0.15) is 0 Å². The Morgan fingerprint density at radius 3 is 2.24 bits per heavy atom. The third-order valence-corrected chi connectivity index (χ3v) is 3.78. The van der Waals surface area contributed by atoms with Crippen molar-refractivity contribution in [1.82, 2.24) is 5.32 Å². The van der Waals surface area contributed by atoms with Crippen LogP contribution in [0.1, 0.15) is 35.2 Å². The Bertz CT molecular complexity index is 632. The Morgan fingerprint density at radius 2 is 1.57 bits per heavy atom. The minimum absolute atomic E-state index is 0.176. The minimum atomic E-state index is 0.176. The van der Waals surface area contributed by atoms with Gasteiger partial charge in [-0.1, -0.05) is 41.5 Å². The Morgan fingerprint density at radius 1 is 0.952 bits per heavy atom. The van der Waals surface area contributed by atoms with E-state index in [1.807, 2.05) is 12.1 Å². The maximum Gasteiger partial charge on any atom is 0.171 e. The number of anilines is 1. The maximum absolute atomic E-state index is 5.40. The zero-order chi connectivity index (χ0) is 15.4. The van der Waals surface area contributed by atoms with E-state index in [-0.39, 0.29) is 6.04 Å². The Kier molecular flexibility index (Phi) is 4.97. The normalized spacial score (nSPS) is 11.8. The lowest BCUT2D eigenvalue weighted by atomic mass is 10.0. The van der Waals surface area contributed by atoms with Gasteiger partial charge in [0.25, 0.3) is 0 Å². The van der Waals surface area contributed by atoms with Crippen molar-refractivity contribution in [3.8, 4) is 0 Å². The highest BCUT2D eigenvalue weighted by Crippen LogP contribution is 2.19. The van der Waals surface area contributed by atoms with Crippen molar-refractivity contribution < 1.29 is 0 Å². The molecule has 21 heavy (non-hydrogen) atoms. The molecule has 2 aromatic carbocycles. The van der Waals surface area contributed by atoms with E-state index in [9.17, 15) is 0 Å². The second-order valence-electron chi connectivity index (χ2n) is 5.55. The summed E-state index contributed by atoms with van der Waals surface area (Å²) in [4.78, 5) is 0. The zero-order valence-electron chi connectivity index (χ0n) is 13.0. The summed E-state index contributed by atoms with van der Waals surface area (Å²) in [7, 11) is 0. The van der Waals surface area contributed by atoms with Crippen molar-refractivity contribution >= 4 is 23.0 Å². The quantitative estimate of drug-likeness (QED) is 0.806. The highest BCUT2D eigenvalue weighted by Gasteiger charge is 2.10. The standard InChI is InChI=1S/C18H22N2S/c1-12-6-9-16(10-7-12)20-18(21)19-15(4)17-11-13(2)5-8-14(17)3/h5-11,15H,1-4H3,(H2,19,20,21)/t15-/m0/s1. The molecular formula is C18H22N2S. The van der Waals surface area contributed by atoms with Crippen LogP contribution in [0.15, 0.2) is 42.5 Å². The third kappa shape index (κ3) is 4.30. The van der Waals surface area contributed by atoms with Gasteiger partial charge in [0, 0.05) is 5.69 Å². The smallest absolute Gasteiger partial charge is 0.171 e. The Balaban J connectivity index is 2.01. The van der Waals surface area contributed by atoms with Gasteiger partial charge in [-0.2, -0.15) is 0 Å². The van der Waals surface area contributed by atoms with E-state index in [4.69, 9.17) is 12.2 Å². The van der Waals surface area contributed by atoms with Crippen LogP contribution >= 0.6 is 12.2 Å². The first-order valence-corrected chi connectivity index (χ1v) is 7.58. The number of thiocarbonyl (C=S) groups is 1. The molecule has 0 unspecified atom stereocenters. The molecule has 0 amide bonds. The van der Waals surface area contributed by atoms with Gasteiger partial charge >= 0.3 is 0 Å². The second kappa shape index (κ2) is 6.72. The molecule has 1 atom stereocenters. The lowest BCUT2D eigenvalue weighted by Gasteiger charge is -2.19. The van der Waals surface area contributed by atoms with Gasteiger partial charge in [0.2, 0.25) is 0 Å². The van der Waals surface area contributed by atoms with Gasteiger partial charge in [0.05, 0.1) is 6.04 Å². The van der Waals surface area contributed by atoms with Gasteiger partial charge in [-0.3, -0.25) is 0 Å². The molecule has 0 aromatic heterocycles. The minimum Gasteiger partial charge on any atom is -0.356 e. The van der Waals surface area contributed by atoms with Crippen LogP contribution in [0.25, 0.3) is 0 Å². The van der Waals surface area contributed by atoms with Crippen LogP contribution in [0.5, 0.6) is 0 Å². The molecule has 0 aliphatic heterocycles. The first-order valence-electron chi connectivity index (χ1n) is 7.17. The van der Waals surface area contributed by atoms with Crippen LogP contribution in [0.4, 0.5) is 5.69 Å². The zero-order valence-corrected chi connectivity index (χ0v) is 13.8. The summed E-state index contributed by atoms with van der Waals surface area (Å²) in [6, 6.07) is 14.9. The molecule has 0 radical (unpaired) electrons. The predicted octanol–water partition coefficient (Wildman–Crippen LogP) is 4.66. The fraction of sp³-hybridized carbons (Fsp3) is 0.278. The summed E-state index contributed by atoms with van der Waals surface area (Å²) >= 11 is 5.40. The fourth-order valence-electron chi connectivity index (χ4n) is 2.30. The number of nitrogens with one attached hydrogen (secondary N) is 2. The van der Waals surface area contributed by atoms with Crippen molar-refractivity contribution in [2.75, 3.05) is 5.32 Å². The number of hydrogen-bond donors (Lipinski definition) is 2. The molecule has 2 nitrogen and oxygen atoms in total. The first-order chi connectivity index (χ1) is 9.95. The van der Waals surface area contributed by atoms with E-state index in [1.165, 1.54) is 22.3 Å². The van der Waals surface area contributed by atoms with E-state index >= 15 is 0 Å². The molecule has 110 valence electrons. The highest BCUT2D eigenvalue weighted by molar-refractivity contribution is 7.80. The summed E-state index contributed by atoms with van der Waals surface area (Å²) in [6.07, 6.45) is 0. The summed E-state index contributed by atoms with van der Waals surface area (Å²) in [5.74, 6) is 0. The van der Waals surface area contributed by atoms with Gasteiger partial charge in [-0.05, 0) is 63.2 Å². The van der Waals surface area contributed by atoms with Crippen molar-refractivity contribution in [1.29, 1.82) is 0 Å². The summed E-state index contributed by atoms with van der Waals surface area (Å²) in [5.41, 5.74) is 6.07. The average molecular weight is 298 g/mol. The monoisotopic (exact) mass is 298 g/mol. The number of hydrogen-bond acceptors (Lipinski definition) is 1. The summed E-state index contributed by atoms with van der Waals surface area (Å²) in [6.45, 7) is 8.44. The van der Waals surface area contributed by atoms with E-state index in [0.29, 0.717) is 5.11 Å². The largest absolute Gasteiger partial charge is 0.356 e. The third-order valence-electron chi connectivity index (χ3n) is 3.56. The van der Waals surface area contributed by atoms with E-state index in [2.05, 4.69) is 68.7 Å². The van der Waals surface area contributed by atoms with E-state index < -0.39 is 0 Å². The summed E-state index contributed by atoms with van der Waals surface area (Å²) in [5, 5.41) is 7.22. The topological polar surface area (TPSA) is 24.1 Å².